The molecule has 1 heterocycles. The summed E-state index contributed by atoms with van der Waals surface area (Å²) in [6.07, 6.45) is 0. The zero-order valence-electron chi connectivity index (χ0n) is 11.7. The summed E-state index contributed by atoms with van der Waals surface area (Å²) in [5.41, 5.74) is 3.73. The molecule has 0 unspecified atom stereocenters. The normalized spacial score (nSPS) is 10.6. The SMILES string of the molecule is CCOCc1nc(NN)cc(SCc2ccc(Cl)cc2)n1. The molecule has 0 spiro atoms. The van der Waals surface area contributed by atoms with Gasteiger partial charge in [0.25, 0.3) is 0 Å². The van der Waals surface area contributed by atoms with Crippen LogP contribution in [0, 0.1) is 0 Å². The average molecular weight is 325 g/mol. The van der Waals surface area contributed by atoms with Crippen LogP contribution in [0.15, 0.2) is 35.4 Å². The van der Waals surface area contributed by atoms with E-state index < -0.39 is 0 Å². The van der Waals surface area contributed by atoms with Crippen LogP contribution in [0.3, 0.4) is 0 Å². The van der Waals surface area contributed by atoms with Crippen LogP contribution in [-0.4, -0.2) is 16.6 Å². The van der Waals surface area contributed by atoms with E-state index in [4.69, 9.17) is 22.2 Å². The second-order valence-electron chi connectivity index (χ2n) is 4.20. The third kappa shape index (κ3) is 5.17. The summed E-state index contributed by atoms with van der Waals surface area (Å²) < 4.78 is 5.33. The molecule has 2 rings (SSSR count). The minimum atomic E-state index is 0.376. The molecule has 0 radical (unpaired) electrons. The van der Waals surface area contributed by atoms with Gasteiger partial charge in [0.2, 0.25) is 0 Å². The summed E-state index contributed by atoms with van der Waals surface area (Å²) in [7, 11) is 0. The Morgan fingerprint density at radius 3 is 2.71 bits per heavy atom. The van der Waals surface area contributed by atoms with Crippen molar-refractivity contribution in [3.8, 4) is 0 Å². The molecule has 2 aromatic rings. The second-order valence-corrected chi connectivity index (χ2v) is 5.64. The summed E-state index contributed by atoms with van der Waals surface area (Å²) in [4.78, 5) is 8.71. The van der Waals surface area contributed by atoms with Gasteiger partial charge >= 0.3 is 0 Å². The third-order valence-corrected chi connectivity index (χ3v) is 3.87. The standard InChI is InChI=1S/C14H17ClN4OS/c1-2-20-8-13-17-12(19-16)7-14(18-13)21-9-10-3-5-11(15)6-4-10/h3-7H,2,8-9,16H2,1H3,(H,17,18,19). The minimum Gasteiger partial charge on any atom is -0.374 e. The fourth-order valence-corrected chi connectivity index (χ4v) is 2.61. The van der Waals surface area contributed by atoms with Crippen molar-refractivity contribution in [3.63, 3.8) is 0 Å². The van der Waals surface area contributed by atoms with Gasteiger partial charge in [0, 0.05) is 23.4 Å². The lowest BCUT2D eigenvalue weighted by Crippen LogP contribution is -2.11. The first kappa shape index (κ1) is 16.0. The van der Waals surface area contributed by atoms with Gasteiger partial charge < -0.3 is 10.2 Å². The molecular weight excluding hydrogens is 308 g/mol. The van der Waals surface area contributed by atoms with Gasteiger partial charge in [-0.3, -0.25) is 0 Å². The number of nitrogens with zero attached hydrogens (tertiary/aromatic N) is 2. The Morgan fingerprint density at radius 1 is 1.29 bits per heavy atom. The molecule has 0 bridgehead atoms. The first-order chi connectivity index (χ1) is 10.2. The van der Waals surface area contributed by atoms with Crippen molar-refractivity contribution in [2.45, 2.75) is 24.3 Å². The maximum atomic E-state index is 5.87. The Bertz CT molecular complexity index is 580. The lowest BCUT2D eigenvalue weighted by atomic mass is 10.2. The Balaban J connectivity index is 2.05. The van der Waals surface area contributed by atoms with E-state index in [2.05, 4.69) is 15.4 Å². The van der Waals surface area contributed by atoms with Crippen LogP contribution in [0.5, 0.6) is 0 Å². The van der Waals surface area contributed by atoms with E-state index in [1.54, 1.807) is 11.8 Å². The summed E-state index contributed by atoms with van der Waals surface area (Å²) in [6.45, 7) is 2.93. The Labute approximate surface area is 133 Å². The zero-order chi connectivity index (χ0) is 15.1. The summed E-state index contributed by atoms with van der Waals surface area (Å²) >= 11 is 7.49. The molecule has 0 aliphatic heterocycles. The van der Waals surface area contributed by atoms with Crippen LogP contribution in [-0.2, 0) is 17.1 Å². The predicted octanol–water partition coefficient (Wildman–Crippen LogP) is 3.24. The molecule has 112 valence electrons. The number of ether oxygens (including phenoxy) is 1. The highest BCUT2D eigenvalue weighted by Gasteiger charge is 2.05. The second kappa shape index (κ2) is 8.19. The lowest BCUT2D eigenvalue weighted by Gasteiger charge is -2.07. The topological polar surface area (TPSA) is 73.1 Å². The van der Waals surface area contributed by atoms with Gasteiger partial charge in [0.05, 0.1) is 0 Å². The smallest absolute Gasteiger partial charge is 0.157 e. The van der Waals surface area contributed by atoms with Crippen LogP contribution in [0.25, 0.3) is 0 Å². The number of benzene rings is 1. The number of hydrazine groups is 1. The minimum absolute atomic E-state index is 0.376. The van der Waals surface area contributed by atoms with Gasteiger partial charge in [-0.25, -0.2) is 15.8 Å². The number of anilines is 1. The van der Waals surface area contributed by atoms with Gasteiger partial charge in [-0.2, -0.15) is 0 Å². The van der Waals surface area contributed by atoms with Crippen LogP contribution in [0.4, 0.5) is 5.82 Å². The van der Waals surface area contributed by atoms with Crippen LogP contribution in [0.1, 0.15) is 18.3 Å². The van der Waals surface area contributed by atoms with Gasteiger partial charge in [0.15, 0.2) is 5.82 Å². The first-order valence-electron chi connectivity index (χ1n) is 6.51. The average Bonchev–Trinajstić information content (AvgIpc) is 2.52. The number of halogens is 1. The van der Waals surface area contributed by atoms with Crippen LogP contribution >= 0.6 is 23.4 Å². The fraction of sp³-hybridized carbons (Fsp3) is 0.286. The van der Waals surface area contributed by atoms with Crippen molar-refractivity contribution in [2.75, 3.05) is 12.0 Å². The summed E-state index contributed by atoms with van der Waals surface area (Å²) in [5, 5.41) is 1.59. The van der Waals surface area contributed by atoms with E-state index in [1.807, 2.05) is 37.3 Å². The van der Waals surface area contributed by atoms with E-state index >= 15 is 0 Å². The van der Waals surface area contributed by atoms with E-state index in [0.29, 0.717) is 24.9 Å². The number of aromatic nitrogens is 2. The maximum absolute atomic E-state index is 5.87. The molecule has 1 aromatic heterocycles. The third-order valence-electron chi connectivity index (χ3n) is 2.63. The van der Waals surface area contributed by atoms with Crippen molar-refractivity contribution in [1.29, 1.82) is 0 Å². The van der Waals surface area contributed by atoms with Gasteiger partial charge in [-0.15, -0.1) is 11.8 Å². The van der Waals surface area contributed by atoms with Gasteiger partial charge in [0.1, 0.15) is 17.5 Å². The number of rotatable bonds is 7. The maximum Gasteiger partial charge on any atom is 0.157 e. The van der Waals surface area contributed by atoms with Crippen molar-refractivity contribution in [3.05, 3.63) is 46.7 Å². The predicted molar refractivity (Wildman–Crippen MR) is 86.2 cm³/mol. The molecule has 0 atom stereocenters. The van der Waals surface area contributed by atoms with Crippen molar-refractivity contribution < 1.29 is 4.74 Å². The molecule has 0 amide bonds. The van der Waals surface area contributed by atoms with E-state index in [-0.39, 0.29) is 0 Å². The number of nitrogens with two attached hydrogens (primary N) is 1. The molecule has 0 aliphatic rings. The Hall–Kier alpha value is -1.34. The number of hydrogen-bond acceptors (Lipinski definition) is 6. The Morgan fingerprint density at radius 2 is 2.05 bits per heavy atom. The van der Waals surface area contributed by atoms with E-state index in [1.165, 1.54) is 5.56 Å². The van der Waals surface area contributed by atoms with Crippen molar-refractivity contribution >= 4 is 29.2 Å². The Kier molecular flexibility index (Phi) is 6.25. The van der Waals surface area contributed by atoms with E-state index in [0.717, 1.165) is 15.8 Å². The largest absolute Gasteiger partial charge is 0.374 e. The fourth-order valence-electron chi connectivity index (χ4n) is 1.62. The molecular formula is C14H17ClN4OS. The van der Waals surface area contributed by atoms with Gasteiger partial charge in [-0.05, 0) is 24.6 Å². The molecule has 0 fully saturated rings. The number of nitrogens with one attached hydrogen (secondary N) is 1. The van der Waals surface area contributed by atoms with Crippen LogP contribution < -0.4 is 11.3 Å². The number of nitrogen functional groups attached to an aromatic ring is 1. The quantitative estimate of drug-likeness (QED) is 0.352. The van der Waals surface area contributed by atoms with Crippen molar-refractivity contribution in [2.24, 2.45) is 5.84 Å². The first-order valence-corrected chi connectivity index (χ1v) is 7.87. The molecule has 3 N–H and O–H groups in total. The van der Waals surface area contributed by atoms with Gasteiger partial charge in [-0.1, -0.05) is 23.7 Å². The molecule has 7 heteroatoms. The monoisotopic (exact) mass is 324 g/mol. The number of thioether (sulfide) groups is 1. The number of hydrogen-bond donors (Lipinski definition) is 2. The van der Waals surface area contributed by atoms with E-state index in [9.17, 15) is 0 Å². The van der Waals surface area contributed by atoms with Crippen LogP contribution in [0.2, 0.25) is 5.02 Å². The molecule has 5 nitrogen and oxygen atoms in total. The molecule has 21 heavy (non-hydrogen) atoms. The molecule has 0 saturated carbocycles. The zero-order valence-corrected chi connectivity index (χ0v) is 13.2. The highest BCUT2D eigenvalue weighted by molar-refractivity contribution is 7.98. The molecule has 0 saturated heterocycles. The lowest BCUT2D eigenvalue weighted by molar-refractivity contribution is 0.128. The summed E-state index contributed by atoms with van der Waals surface area (Å²) in [5.74, 6) is 7.43. The highest BCUT2D eigenvalue weighted by Crippen LogP contribution is 2.23. The highest BCUT2D eigenvalue weighted by atomic mass is 35.5. The molecule has 0 aliphatic carbocycles. The molecule has 1 aromatic carbocycles. The summed E-state index contributed by atoms with van der Waals surface area (Å²) in [6, 6.07) is 9.57. The van der Waals surface area contributed by atoms with Crippen molar-refractivity contribution in [1.82, 2.24) is 9.97 Å².